The van der Waals surface area contributed by atoms with Crippen LogP contribution in [0.15, 0.2) is 60.7 Å². The number of anilines is 1. The molecule has 0 spiro atoms. The fourth-order valence-corrected chi connectivity index (χ4v) is 3.59. The lowest BCUT2D eigenvalue weighted by molar-refractivity contribution is 0.0779. The van der Waals surface area contributed by atoms with Crippen molar-refractivity contribution in [3.8, 4) is 0 Å². The van der Waals surface area contributed by atoms with E-state index in [4.69, 9.17) is 0 Å². The molecule has 5 nitrogen and oxygen atoms in total. The molecule has 2 aromatic carbocycles. The van der Waals surface area contributed by atoms with Crippen molar-refractivity contribution in [1.82, 2.24) is 14.9 Å². The molecule has 0 aliphatic carbocycles. The highest BCUT2D eigenvalue weighted by Crippen LogP contribution is 2.22. The first-order valence-corrected chi connectivity index (χ1v) is 9.57. The molecule has 0 N–H and O–H groups in total. The van der Waals surface area contributed by atoms with Gasteiger partial charge in [0.15, 0.2) is 0 Å². The summed E-state index contributed by atoms with van der Waals surface area (Å²) in [6, 6.07) is 20.2. The lowest BCUT2D eigenvalue weighted by Crippen LogP contribution is -2.33. The van der Waals surface area contributed by atoms with Gasteiger partial charge in [0.05, 0.1) is 0 Å². The lowest BCUT2D eigenvalue weighted by atomic mass is 10.0. The van der Waals surface area contributed by atoms with Crippen LogP contribution in [0.2, 0.25) is 0 Å². The summed E-state index contributed by atoms with van der Waals surface area (Å²) in [6.07, 6.45) is 0.963. The maximum absolute atomic E-state index is 13.0. The van der Waals surface area contributed by atoms with Gasteiger partial charge < -0.3 is 9.80 Å². The van der Waals surface area contributed by atoms with Crippen LogP contribution in [0, 0.1) is 6.92 Å². The number of rotatable bonds is 4. The highest BCUT2D eigenvalue weighted by molar-refractivity contribution is 5.92. The van der Waals surface area contributed by atoms with Gasteiger partial charge in [0.1, 0.15) is 5.69 Å². The van der Waals surface area contributed by atoms with E-state index in [0.29, 0.717) is 18.2 Å². The van der Waals surface area contributed by atoms with Crippen LogP contribution in [0.4, 0.5) is 5.95 Å². The molecule has 1 aliphatic rings. The summed E-state index contributed by atoms with van der Waals surface area (Å²) in [5.74, 6) is 0.541. The quantitative estimate of drug-likeness (QED) is 0.702. The second-order valence-electron chi connectivity index (χ2n) is 7.28. The highest BCUT2D eigenvalue weighted by Gasteiger charge is 2.21. The molecule has 1 aliphatic heterocycles. The Kier molecular flexibility index (Phi) is 5.06. The summed E-state index contributed by atoms with van der Waals surface area (Å²) in [6.45, 7) is 4.09. The van der Waals surface area contributed by atoms with Gasteiger partial charge in [-0.2, -0.15) is 0 Å². The van der Waals surface area contributed by atoms with Crippen LogP contribution in [0.1, 0.15) is 32.9 Å². The molecule has 4 rings (SSSR count). The van der Waals surface area contributed by atoms with E-state index in [2.05, 4.69) is 39.1 Å². The number of nitrogens with zero attached hydrogens (tertiary/aromatic N) is 4. The molecule has 0 saturated heterocycles. The third kappa shape index (κ3) is 3.88. The van der Waals surface area contributed by atoms with Gasteiger partial charge in [-0.25, -0.2) is 9.97 Å². The maximum atomic E-state index is 13.0. The fourth-order valence-electron chi connectivity index (χ4n) is 3.59. The molecule has 1 amide bonds. The van der Waals surface area contributed by atoms with E-state index >= 15 is 0 Å². The number of aromatic nitrogens is 2. The highest BCUT2D eigenvalue weighted by atomic mass is 16.2. The van der Waals surface area contributed by atoms with Crippen molar-refractivity contribution in [2.24, 2.45) is 0 Å². The summed E-state index contributed by atoms with van der Waals surface area (Å²) < 4.78 is 0. The van der Waals surface area contributed by atoms with Crippen molar-refractivity contribution in [3.63, 3.8) is 0 Å². The van der Waals surface area contributed by atoms with Gasteiger partial charge in [0.25, 0.3) is 5.91 Å². The van der Waals surface area contributed by atoms with Crippen molar-refractivity contribution in [1.29, 1.82) is 0 Å². The summed E-state index contributed by atoms with van der Waals surface area (Å²) in [7, 11) is 1.81. The average Bonchev–Trinajstić information content (AvgIpc) is 2.73. The van der Waals surface area contributed by atoms with Gasteiger partial charge in [-0.05, 0) is 36.1 Å². The van der Waals surface area contributed by atoms with Crippen molar-refractivity contribution >= 4 is 11.9 Å². The molecule has 1 aromatic heterocycles. The molecule has 0 unspecified atom stereocenters. The number of hydrogen-bond acceptors (Lipinski definition) is 4. The van der Waals surface area contributed by atoms with Crippen LogP contribution in [0.25, 0.3) is 0 Å². The fraction of sp³-hybridized carbons (Fsp3) is 0.261. The summed E-state index contributed by atoms with van der Waals surface area (Å²) in [5.41, 5.74) is 5.02. The van der Waals surface area contributed by atoms with Gasteiger partial charge in [-0.3, -0.25) is 4.79 Å². The number of aryl methyl sites for hydroxylation is 1. The molecule has 28 heavy (non-hydrogen) atoms. The number of fused-ring (bicyclic) bond motifs is 1. The van der Waals surface area contributed by atoms with Crippen molar-refractivity contribution in [2.75, 3.05) is 18.5 Å². The third-order valence-corrected chi connectivity index (χ3v) is 5.08. The van der Waals surface area contributed by atoms with Gasteiger partial charge in [0.2, 0.25) is 5.95 Å². The molecule has 5 heteroatoms. The Labute approximate surface area is 165 Å². The topological polar surface area (TPSA) is 49.3 Å². The smallest absolute Gasteiger partial charge is 0.272 e. The van der Waals surface area contributed by atoms with Crippen LogP contribution in [-0.4, -0.2) is 34.4 Å². The van der Waals surface area contributed by atoms with Crippen molar-refractivity contribution in [3.05, 3.63) is 88.7 Å². The standard InChI is InChI=1S/C23H24N4O/c1-17-14-21(22(28)26(2)15-18-8-4-3-5-9-18)25-23(24-17)27-13-12-19-10-6-7-11-20(19)16-27/h3-11,14H,12-13,15-16H2,1-2H3. The predicted octanol–water partition coefficient (Wildman–Crippen LogP) is 3.62. The van der Waals surface area contributed by atoms with Crippen LogP contribution < -0.4 is 4.90 Å². The van der Waals surface area contributed by atoms with E-state index in [-0.39, 0.29) is 5.91 Å². The first kappa shape index (κ1) is 18.2. The monoisotopic (exact) mass is 372 g/mol. The first-order chi connectivity index (χ1) is 13.6. The van der Waals surface area contributed by atoms with E-state index in [0.717, 1.165) is 30.8 Å². The molecule has 3 aromatic rings. The molecule has 0 atom stereocenters. The van der Waals surface area contributed by atoms with Crippen molar-refractivity contribution in [2.45, 2.75) is 26.4 Å². The Balaban J connectivity index is 1.55. The van der Waals surface area contributed by atoms with Crippen LogP contribution in [0.5, 0.6) is 0 Å². The van der Waals surface area contributed by atoms with Crippen LogP contribution >= 0.6 is 0 Å². The van der Waals surface area contributed by atoms with E-state index in [9.17, 15) is 4.79 Å². The minimum absolute atomic E-state index is 0.0898. The molecular weight excluding hydrogens is 348 g/mol. The molecular formula is C23H24N4O. The molecule has 0 fully saturated rings. The van der Waals surface area contributed by atoms with E-state index in [1.807, 2.05) is 44.3 Å². The number of benzene rings is 2. The zero-order valence-corrected chi connectivity index (χ0v) is 16.3. The minimum atomic E-state index is -0.0898. The molecule has 142 valence electrons. The molecule has 0 radical (unpaired) electrons. The maximum Gasteiger partial charge on any atom is 0.272 e. The van der Waals surface area contributed by atoms with Crippen LogP contribution in [-0.2, 0) is 19.5 Å². The SMILES string of the molecule is Cc1cc(C(=O)N(C)Cc2ccccc2)nc(N2CCc3ccccc3C2)n1. The van der Waals surface area contributed by atoms with Gasteiger partial charge in [0, 0.05) is 32.4 Å². The van der Waals surface area contributed by atoms with E-state index in [1.165, 1.54) is 11.1 Å². The second-order valence-corrected chi connectivity index (χ2v) is 7.28. The number of hydrogen-bond donors (Lipinski definition) is 0. The zero-order valence-electron chi connectivity index (χ0n) is 16.3. The summed E-state index contributed by atoms with van der Waals surface area (Å²) >= 11 is 0. The lowest BCUT2D eigenvalue weighted by Gasteiger charge is -2.29. The Morgan fingerprint density at radius 2 is 1.75 bits per heavy atom. The largest absolute Gasteiger partial charge is 0.336 e. The van der Waals surface area contributed by atoms with Gasteiger partial charge in [-0.1, -0.05) is 54.6 Å². The van der Waals surface area contributed by atoms with E-state index < -0.39 is 0 Å². The average molecular weight is 372 g/mol. The minimum Gasteiger partial charge on any atom is -0.336 e. The number of carbonyl (C=O) groups is 1. The van der Waals surface area contributed by atoms with Crippen molar-refractivity contribution < 1.29 is 4.79 Å². The third-order valence-electron chi connectivity index (χ3n) is 5.08. The molecule has 0 saturated carbocycles. The second kappa shape index (κ2) is 7.80. The normalized spacial score (nSPS) is 13.1. The summed E-state index contributed by atoms with van der Waals surface area (Å²) in [4.78, 5) is 26.0. The number of amides is 1. The Morgan fingerprint density at radius 1 is 1.04 bits per heavy atom. The predicted molar refractivity (Wildman–Crippen MR) is 110 cm³/mol. The van der Waals surface area contributed by atoms with Gasteiger partial charge in [-0.15, -0.1) is 0 Å². The van der Waals surface area contributed by atoms with Crippen LogP contribution in [0.3, 0.4) is 0 Å². The Bertz CT molecular complexity index is 987. The zero-order chi connectivity index (χ0) is 19.5. The Hall–Kier alpha value is -3.21. The molecule has 0 bridgehead atoms. The number of carbonyl (C=O) groups excluding carboxylic acids is 1. The van der Waals surface area contributed by atoms with E-state index in [1.54, 1.807) is 11.0 Å². The first-order valence-electron chi connectivity index (χ1n) is 9.57. The van der Waals surface area contributed by atoms with Gasteiger partial charge >= 0.3 is 0 Å². The molecule has 2 heterocycles. The summed E-state index contributed by atoms with van der Waals surface area (Å²) in [5, 5.41) is 0. The Morgan fingerprint density at radius 3 is 2.54 bits per heavy atom.